The molecule has 1 saturated heterocycles. The average molecular weight is 490 g/mol. The highest BCUT2D eigenvalue weighted by atomic mass is 16.5. The van der Waals surface area contributed by atoms with Crippen LogP contribution in [0.4, 0.5) is 0 Å². The molecule has 1 fully saturated rings. The molecule has 4 rings (SSSR count). The molecule has 0 radical (unpaired) electrons. The smallest absolute Gasteiger partial charge is 0.222 e. The normalized spacial score (nSPS) is 16.2. The monoisotopic (exact) mass is 489 g/mol. The first-order chi connectivity index (χ1) is 17.5. The Bertz CT molecular complexity index is 1130. The van der Waals surface area contributed by atoms with Gasteiger partial charge in [-0.05, 0) is 31.9 Å². The molecule has 7 heteroatoms. The summed E-state index contributed by atoms with van der Waals surface area (Å²) >= 11 is 0. The number of benzene rings is 2. The van der Waals surface area contributed by atoms with Crippen molar-refractivity contribution < 1.29 is 19.3 Å². The summed E-state index contributed by atoms with van der Waals surface area (Å²) in [5, 5.41) is 15.5. The second kappa shape index (κ2) is 12.7. The fourth-order valence-electron chi connectivity index (χ4n) is 4.48. The van der Waals surface area contributed by atoms with Crippen LogP contribution in [0.15, 0.2) is 54.6 Å². The SMILES string of the molecule is C#CCOC[C@@H](O)CN(Cc1c(-c2ccccc2)nn(C)c1Oc1ccc(C)cc1)C[C@H]1CCCO1. The van der Waals surface area contributed by atoms with Gasteiger partial charge in [-0.3, -0.25) is 4.90 Å². The zero-order valence-electron chi connectivity index (χ0n) is 21.1. The molecule has 0 saturated carbocycles. The predicted molar refractivity (Wildman–Crippen MR) is 140 cm³/mol. The van der Waals surface area contributed by atoms with E-state index in [1.807, 2.05) is 56.4 Å². The third kappa shape index (κ3) is 6.96. The van der Waals surface area contributed by atoms with Crippen molar-refractivity contribution in [1.29, 1.82) is 0 Å². The summed E-state index contributed by atoms with van der Waals surface area (Å²) in [6, 6.07) is 18.1. The fraction of sp³-hybridized carbons (Fsp3) is 0.414. The Kier molecular flexibility index (Phi) is 9.15. The van der Waals surface area contributed by atoms with Crippen molar-refractivity contribution >= 4 is 0 Å². The maximum absolute atomic E-state index is 10.7. The number of hydrogen-bond acceptors (Lipinski definition) is 6. The van der Waals surface area contributed by atoms with Gasteiger partial charge < -0.3 is 19.3 Å². The van der Waals surface area contributed by atoms with Gasteiger partial charge in [0, 0.05) is 38.9 Å². The zero-order valence-corrected chi connectivity index (χ0v) is 21.1. The first-order valence-electron chi connectivity index (χ1n) is 12.4. The molecular weight excluding hydrogens is 454 g/mol. The molecule has 0 amide bonds. The van der Waals surface area contributed by atoms with Crippen LogP contribution in [0.25, 0.3) is 11.3 Å². The van der Waals surface area contributed by atoms with Gasteiger partial charge in [-0.15, -0.1) is 6.42 Å². The van der Waals surface area contributed by atoms with Crippen LogP contribution >= 0.6 is 0 Å². The minimum atomic E-state index is -0.682. The van der Waals surface area contributed by atoms with E-state index in [2.05, 4.69) is 23.0 Å². The number of rotatable bonds is 12. The van der Waals surface area contributed by atoms with E-state index in [4.69, 9.17) is 25.7 Å². The van der Waals surface area contributed by atoms with E-state index in [1.165, 1.54) is 5.56 Å². The highest BCUT2D eigenvalue weighted by molar-refractivity contribution is 5.65. The summed E-state index contributed by atoms with van der Waals surface area (Å²) < 4.78 is 19.5. The Morgan fingerprint density at radius 1 is 1.22 bits per heavy atom. The number of nitrogens with zero attached hydrogens (tertiary/aromatic N) is 3. The van der Waals surface area contributed by atoms with E-state index < -0.39 is 6.10 Å². The molecule has 1 aromatic heterocycles. The van der Waals surface area contributed by atoms with E-state index in [9.17, 15) is 5.11 Å². The standard InChI is InChI=1S/C29H35N3O4/c1-4-16-34-21-24(33)18-32(19-26-11-8-17-35-26)20-27-28(23-9-6-5-7-10-23)30-31(3)29(27)36-25-14-12-22(2)13-15-25/h1,5-7,9-10,12-15,24,26,33H,8,11,16-21H2,2-3H3/t24-,26+/m0/s1. The lowest BCUT2D eigenvalue weighted by Gasteiger charge is -2.27. The first kappa shape index (κ1) is 25.9. The van der Waals surface area contributed by atoms with Crippen molar-refractivity contribution in [1.82, 2.24) is 14.7 Å². The summed E-state index contributed by atoms with van der Waals surface area (Å²) in [6.45, 7) is 4.82. The van der Waals surface area contributed by atoms with Gasteiger partial charge in [0.05, 0.1) is 24.4 Å². The largest absolute Gasteiger partial charge is 0.439 e. The molecule has 2 aromatic carbocycles. The van der Waals surface area contributed by atoms with Crippen LogP contribution in [0.5, 0.6) is 11.6 Å². The summed E-state index contributed by atoms with van der Waals surface area (Å²) in [5.41, 5.74) is 3.99. The van der Waals surface area contributed by atoms with Gasteiger partial charge in [0.1, 0.15) is 18.1 Å². The molecule has 190 valence electrons. The van der Waals surface area contributed by atoms with E-state index in [1.54, 1.807) is 4.68 Å². The van der Waals surface area contributed by atoms with Gasteiger partial charge in [0.15, 0.2) is 0 Å². The van der Waals surface area contributed by atoms with E-state index in [-0.39, 0.29) is 19.3 Å². The fourth-order valence-corrected chi connectivity index (χ4v) is 4.48. The lowest BCUT2D eigenvalue weighted by molar-refractivity contribution is 0.00943. The van der Waals surface area contributed by atoms with Crippen molar-refractivity contribution in [3.05, 3.63) is 65.7 Å². The number of ether oxygens (including phenoxy) is 3. The van der Waals surface area contributed by atoms with Gasteiger partial charge in [0.2, 0.25) is 5.88 Å². The summed E-state index contributed by atoms with van der Waals surface area (Å²) in [4.78, 5) is 2.20. The van der Waals surface area contributed by atoms with Crippen molar-refractivity contribution in [2.45, 2.75) is 38.5 Å². The van der Waals surface area contributed by atoms with E-state index >= 15 is 0 Å². The lowest BCUT2D eigenvalue weighted by Crippen LogP contribution is -2.39. The summed E-state index contributed by atoms with van der Waals surface area (Å²) in [6.07, 6.45) is 6.78. The van der Waals surface area contributed by atoms with Crippen LogP contribution in [0.1, 0.15) is 24.0 Å². The van der Waals surface area contributed by atoms with Gasteiger partial charge in [-0.25, -0.2) is 4.68 Å². The number of aromatic nitrogens is 2. The highest BCUT2D eigenvalue weighted by Crippen LogP contribution is 2.34. The average Bonchev–Trinajstić information content (AvgIpc) is 3.49. The highest BCUT2D eigenvalue weighted by Gasteiger charge is 2.26. The van der Waals surface area contributed by atoms with Gasteiger partial charge in [-0.1, -0.05) is 53.9 Å². The molecule has 2 heterocycles. The van der Waals surface area contributed by atoms with Gasteiger partial charge in [-0.2, -0.15) is 5.10 Å². The van der Waals surface area contributed by atoms with Gasteiger partial charge in [0.25, 0.3) is 0 Å². The Balaban J connectivity index is 1.65. The number of aryl methyl sites for hydroxylation is 2. The minimum absolute atomic E-state index is 0.127. The number of aliphatic hydroxyl groups is 1. The molecule has 3 aromatic rings. The molecule has 0 aliphatic carbocycles. The molecule has 7 nitrogen and oxygen atoms in total. The zero-order chi connectivity index (χ0) is 25.3. The van der Waals surface area contributed by atoms with Gasteiger partial charge >= 0.3 is 0 Å². The molecule has 0 unspecified atom stereocenters. The lowest BCUT2D eigenvalue weighted by atomic mass is 10.1. The summed E-state index contributed by atoms with van der Waals surface area (Å²) in [5.74, 6) is 3.87. The third-order valence-corrected chi connectivity index (χ3v) is 6.20. The van der Waals surface area contributed by atoms with Crippen molar-refractivity contribution in [3.8, 4) is 35.2 Å². The quantitative estimate of drug-likeness (QED) is 0.304. The van der Waals surface area contributed by atoms with Crippen molar-refractivity contribution in [3.63, 3.8) is 0 Å². The molecule has 0 spiro atoms. The Morgan fingerprint density at radius 3 is 2.69 bits per heavy atom. The van der Waals surface area contributed by atoms with Crippen LogP contribution in [-0.4, -0.2) is 64.9 Å². The minimum Gasteiger partial charge on any atom is -0.439 e. The molecule has 1 aliphatic rings. The number of aliphatic hydroxyl groups excluding tert-OH is 1. The van der Waals surface area contributed by atoms with Crippen LogP contribution in [0.3, 0.4) is 0 Å². The maximum Gasteiger partial charge on any atom is 0.222 e. The third-order valence-electron chi connectivity index (χ3n) is 6.20. The topological polar surface area (TPSA) is 69.0 Å². The van der Waals surface area contributed by atoms with E-state index in [0.29, 0.717) is 25.5 Å². The second-order valence-corrected chi connectivity index (χ2v) is 9.24. The maximum atomic E-state index is 10.7. The molecule has 1 aliphatic heterocycles. The van der Waals surface area contributed by atoms with Crippen molar-refractivity contribution in [2.24, 2.45) is 7.05 Å². The van der Waals surface area contributed by atoms with Crippen LogP contribution in [-0.2, 0) is 23.1 Å². The first-order valence-corrected chi connectivity index (χ1v) is 12.4. The van der Waals surface area contributed by atoms with Crippen LogP contribution < -0.4 is 4.74 Å². The summed E-state index contributed by atoms with van der Waals surface area (Å²) in [7, 11) is 1.90. The Morgan fingerprint density at radius 2 is 2.00 bits per heavy atom. The number of terminal acetylenes is 1. The van der Waals surface area contributed by atoms with Crippen molar-refractivity contribution in [2.75, 3.05) is 32.9 Å². The molecule has 36 heavy (non-hydrogen) atoms. The Labute approximate surface area is 213 Å². The Hall–Kier alpha value is -3.15. The predicted octanol–water partition coefficient (Wildman–Crippen LogP) is 4.18. The molecule has 1 N–H and O–H groups in total. The molecule has 0 bridgehead atoms. The van der Waals surface area contributed by atoms with E-state index in [0.717, 1.165) is 42.0 Å². The van der Waals surface area contributed by atoms with Crippen LogP contribution in [0, 0.1) is 19.3 Å². The second-order valence-electron chi connectivity index (χ2n) is 9.24. The number of hydrogen-bond donors (Lipinski definition) is 1. The molecular formula is C29H35N3O4. The molecule has 2 atom stereocenters. The van der Waals surface area contributed by atoms with Crippen LogP contribution in [0.2, 0.25) is 0 Å².